The molecule has 1 unspecified atom stereocenters. The quantitative estimate of drug-likeness (QED) is 0.445. The highest BCUT2D eigenvalue weighted by Crippen LogP contribution is 1.99. The highest BCUT2D eigenvalue weighted by Gasteiger charge is 2.24. The molecule has 0 saturated heterocycles. The lowest BCUT2D eigenvalue weighted by atomic mass is 10.3. The van der Waals surface area contributed by atoms with Gasteiger partial charge in [0, 0.05) is 6.04 Å². The van der Waals surface area contributed by atoms with Gasteiger partial charge in [0.1, 0.15) is 6.54 Å². The summed E-state index contributed by atoms with van der Waals surface area (Å²) in [6.07, 6.45) is 0. The molecule has 0 aromatic carbocycles. The molecule has 0 heterocycles. The molecule has 0 aromatic heterocycles. The second-order valence-electron chi connectivity index (χ2n) is 3.71. The van der Waals surface area contributed by atoms with Gasteiger partial charge in [-0.05, 0) is 13.8 Å². The Morgan fingerprint density at radius 1 is 1.35 bits per heavy atom. The van der Waals surface area contributed by atoms with Crippen molar-refractivity contribution in [3.05, 3.63) is 0 Å². The molecule has 98 valence electrons. The van der Waals surface area contributed by atoms with E-state index in [1.54, 1.807) is 13.8 Å². The molecular formula is C9H17N3O5. The molecule has 0 bridgehead atoms. The van der Waals surface area contributed by atoms with Crippen molar-refractivity contribution in [2.24, 2.45) is 5.73 Å². The molecule has 0 aliphatic heterocycles. The van der Waals surface area contributed by atoms with E-state index in [0.29, 0.717) is 0 Å². The third-order valence-corrected chi connectivity index (χ3v) is 1.99. The summed E-state index contributed by atoms with van der Waals surface area (Å²) in [5, 5.41) is 19.5. The van der Waals surface area contributed by atoms with Crippen molar-refractivity contribution in [3.63, 3.8) is 0 Å². The summed E-state index contributed by atoms with van der Waals surface area (Å²) >= 11 is 0. The summed E-state index contributed by atoms with van der Waals surface area (Å²) < 4.78 is 0. The molecular weight excluding hydrogens is 230 g/mol. The van der Waals surface area contributed by atoms with E-state index in [4.69, 9.17) is 15.9 Å². The number of amides is 3. The maximum Gasteiger partial charge on any atom is 0.328 e. The summed E-state index contributed by atoms with van der Waals surface area (Å²) in [4.78, 5) is 34.0. The number of aliphatic hydroxyl groups excluding tert-OH is 1. The molecule has 0 aliphatic rings. The number of carboxylic acids is 1. The number of nitrogens with one attached hydrogen (secondary N) is 1. The van der Waals surface area contributed by atoms with Crippen molar-refractivity contribution in [2.45, 2.75) is 25.9 Å². The maximum absolute atomic E-state index is 11.6. The van der Waals surface area contributed by atoms with Gasteiger partial charge in [0.15, 0.2) is 6.04 Å². The van der Waals surface area contributed by atoms with E-state index in [0.717, 1.165) is 4.90 Å². The number of nitrogens with two attached hydrogens (primary N) is 1. The maximum atomic E-state index is 11.6. The lowest BCUT2D eigenvalue weighted by Crippen LogP contribution is -2.53. The number of nitrogens with zero attached hydrogens (tertiary/aromatic N) is 1. The van der Waals surface area contributed by atoms with Crippen molar-refractivity contribution in [1.82, 2.24) is 10.2 Å². The first-order chi connectivity index (χ1) is 7.79. The average molecular weight is 247 g/mol. The van der Waals surface area contributed by atoms with Crippen molar-refractivity contribution >= 4 is 17.9 Å². The van der Waals surface area contributed by atoms with E-state index in [1.807, 2.05) is 0 Å². The van der Waals surface area contributed by atoms with Gasteiger partial charge in [0.25, 0.3) is 0 Å². The van der Waals surface area contributed by atoms with Crippen LogP contribution in [0.1, 0.15) is 13.8 Å². The summed E-state index contributed by atoms with van der Waals surface area (Å²) in [5.74, 6) is -2.06. The summed E-state index contributed by atoms with van der Waals surface area (Å²) in [7, 11) is 0. The number of primary amides is 1. The van der Waals surface area contributed by atoms with Gasteiger partial charge in [-0.2, -0.15) is 0 Å². The number of hydrogen-bond donors (Lipinski definition) is 4. The van der Waals surface area contributed by atoms with E-state index in [9.17, 15) is 14.4 Å². The molecule has 0 aromatic rings. The first-order valence-electron chi connectivity index (χ1n) is 4.98. The van der Waals surface area contributed by atoms with Gasteiger partial charge in [-0.15, -0.1) is 0 Å². The molecule has 3 amide bonds. The number of hydrogen-bond acceptors (Lipinski definition) is 4. The molecule has 0 saturated carbocycles. The lowest BCUT2D eigenvalue weighted by Gasteiger charge is -2.26. The molecule has 8 heteroatoms. The van der Waals surface area contributed by atoms with Gasteiger partial charge < -0.3 is 26.2 Å². The van der Waals surface area contributed by atoms with E-state index < -0.39 is 30.6 Å². The monoisotopic (exact) mass is 247 g/mol. The van der Waals surface area contributed by atoms with Crippen molar-refractivity contribution in [2.75, 3.05) is 13.2 Å². The minimum absolute atomic E-state index is 0.318. The first kappa shape index (κ1) is 15.2. The Labute approximate surface area is 98.4 Å². The zero-order valence-electron chi connectivity index (χ0n) is 9.71. The molecule has 0 radical (unpaired) electrons. The number of carboxylic acid groups (broad SMARTS) is 1. The molecule has 1 atom stereocenters. The van der Waals surface area contributed by atoms with Crippen LogP contribution >= 0.6 is 0 Å². The Morgan fingerprint density at radius 2 is 1.88 bits per heavy atom. The van der Waals surface area contributed by atoms with Crippen LogP contribution in [0, 0.1) is 0 Å². The lowest BCUT2D eigenvalue weighted by molar-refractivity contribution is -0.140. The Balaban J connectivity index is 4.62. The van der Waals surface area contributed by atoms with Crippen LogP contribution in [-0.2, 0) is 9.59 Å². The van der Waals surface area contributed by atoms with E-state index in [2.05, 4.69) is 5.32 Å². The normalized spacial score (nSPS) is 12.0. The SMILES string of the molecule is CC(C)N(CC(N)=O)C(=O)NC(CO)C(=O)O. The average Bonchev–Trinajstić information content (AvgIpc) is 2.20. The third-order valence-electron chi connectivity index (χ3n) is 1.99. The molecule has 8 nitrogen and oxygen atoms in total. The molecule has 0 aliphatic carbocycles. The number of aliphatic hydroxyl groups is 1. The van der Waals surface area contributed by atoms with E-state index in [-0.39, 0.29) is 12.6 Å². The second kappa shape index (κ2) is 6.69. The number of rotatable bonds is 6. The predicted molar refractivity (Wildman–Crippen MR) is 58.1 cm³/mol. The van der Waals surface area contributed by atoms with Crippen LogP contribution in [0.15, 0.2) is 0 Å². The number of carbonyl (C=O) groups is 3. The standard InChI is InChI=1S/C9H17N3O5/c1-5(2)12(3-7(10)14)9(17)11-6(4-13)8(15)16/h5-6,13H,3-4H2,1-2H3,(H2,10,14)(H,11,17)(H,15,16). The molecule has 17 heavy (non-hydrogen) atoms. The Hall–Kier alpha value is -1.83. The van der Waals surface area contributed by atoms with Gasteiger partial charge in [-0.25, -0.2) is 9.59 Å². The smallest absolute Gasteiger partial charge is 0.328 e. The van der Waals surface area contributed by atoms with Crippen LogP contribution in [0.3, 0.4) is 0 Å². The van der Waals surface area contributed by atoms with Gasteiger partial charge in [-0.1, -0.05) is 0 Å². The molecule has 0 spiro atoms. The van der Waals surface area contributed by atoms with Gasteiger partial charge in [-0.3, -0.25) is 4.79 Å². The van der Waals surface area contributed by atoms with Crippen LogP contribution < -0.4 is 11.1 Å². The molecule has 5 N–H and O–H groups in total. The summed E-state index contributed by atoms with van der Waals surface area (Å²) in [6, 6.07) is -2.49. The molecule has 0 rings (SSSR count). The highest BCUT2D eigenvalue weighted by molar-refractivity contribution is 5.86. The largest absolute Gasteiger partial charge is 0.480 e. The van der Waals surface area contributed by atoms with Crippen LogP contribution in [0.2, 0.25) is 0 Å². The Kier molecular flexibility index (Phi) is 5.97. The van der Waals surface area contributed by atoms with Gasteiger partial charge in [0.2, 0.25) is 5.91 Å². The zero-order valence-corrected chi connectivity index (χ0v) is 9.71. The summed E-state index contributed by atoms with van der Waals surface area (Å²) in [6.45, 7) is 2.25. The van der Waals surface area contributed by atoms with E-state index >= 15 is 0 Å². The second-order valence-corrected chi connectivity index (χ2v) is 3.71. The first-order valence-corrected chi connectivity index (χ1v) is 4.98. The zero-order chi connectivity index (χ0) is 13.6. The fraction of sp³-hybridized carbons (Fsp3) is 0.667. The Morgan fingerprint density at radius 3 is 2.18 bits per heavy atom. The minimum atomic E-state index is -1.41. The Bertz CT molecular complexity index is 305. The van der Waals surface area contributed by atoms with Crippen LogP contribution in [0.5, 0.6) is 0 Å². The number of aliphatic carboxylic acids is 1. The molecule has 0 fully saturated rings. The van der Waals surface area contributed by atoms with Crippen molar-refractivity contribution in [1.29, 1.82) is 0 Å². The predicted octanol–water partition coefficient (Wildman–Crippen LogP) is -1.66. The van der Waals surface area contributed by atoms with Crippen molar-refractivity contribution < 1.29 is 24.6 Å². The van der Waals surface area contributed by atoms with Crippen LogP contribution in [0.4, 0.5) is 4.79 Å². The highest BCUT2D eigenvalue weighted by atomic mass is 16.4. The van der Waals surface area contributed by atoms with Gasteiger partial charge >= 0.3 is 12.0 Å². The number of carbonyl (C=O) groups excluding carboxylic acids is 2. The number of urea groups is 1. The fourth-order valence-corrected chi connectivity index (χ4v) is 1.07. The van der Waals surface area contributed by atoms with Gasteiger partial charge in [0.05, 0.1) is 6.61 Å². The van der Waals surface area contributed by atoms with Crippen LogP contribution in [0.25, 0.3) is 0 Å². The van der Waals surface area contributed by atoms with Crippen molar-refractivity contribution in [3.8, 4) is 0 Å². The van der Waals surface area contributed by atoms with E-state index in [1.165, 1.54) is 0 Å². The van der Waals surface area contributed by atoms with Crippen LogP contribution in [-0.4, -0.2) is 58.3 Å². The fourth-order valence-electron chi connectivity index (χ4n) is 1.07. The topological polar surface area (TPSA) is 133 Å². The minimum Gasteiger partial charge on any atom is -0.480 e. The third kappa shape index (κ3) is 5.16. The summed E-state index contributed by atoms with van der Waals surface area (Å²) in [5.41, 5.74) is 4.97.